The molecule has 5 aromatic rings. The van der Waals surface area contributed by atoms with Crippen molar-refractivity contribution in [2.45, 2.75) is 22.6 Å². The van der Waals surface area contributed by atoms with Crippen LogP contribution in [0.15, 0.2) is 75.4 Å². The average molecular weight is 669 g/mol. The molecule has 0 amide bonds. The fourth-order valence-electron chi connectivity index (χ4n) is 3.33. The summed E-state index contributed by atoms with van der Waals surface area (Å²) >= 11 is 8.77. The predicted molar refractivity (Wildman–Crippen MR) is 163 cm³/mol. The Bertz CT molecular complexity index is 2010. The predicted octanol–water partition coefficient (Wildman–Crippen LogP) is 6.28. The molecule has 5 rings (SSSR count). The molecule has 212 valence electrons. The molecule has 3 aromatic carbocycles. The molecule has 0 unspecified atom stereocenters. The van der Waals surface area contributed by atoms with Crippen molar-refractivity contribution in [1.29, 1.82) is 0 Å². The maximum atomic E-state index is 12.8. The summed E-state index contributed by atoms with van der Waals surface area (Å²) in [5, 5.41) is 0.422. The van der Waals surface area contributed by atoms with Gasteiger partial charge in [-0.3, -0.25) is 9.52 Å². The minimum atomic E-state index is -3.82. The van der Waals surface area contributed by atoms with E-state index in [2.05, 4.69) is 31.3 Å². The number of anilines is 1. The van der Waals surface area contributed by atoms with Crippen LogP contribution in [0.2, 0.25) is 5.02 Å². The van der Waals surface area contributed by atoms with E-state index in [0.29, 0.717) is 16.3 Å². The lowest BCUT2D eigenvalue weighted by atomic mass is 10.2. The largest absolute Gasteiger partial charge is 0.469 e. The second kappa shape index (κ2) is 13.2. The summed E-state index contributed by atoms with van der Waals surface area (Å²) in [5.41, 5.74) is 5.58. The van der Waals surface area contributed by atoms with E-state index in [9.17, 15) is 21.6 Å². The molecule has 0 fully saturated rings. The monoisotopic (exact) mass is 667 g/mol. The summed E-state index contributed by atoms with van der Waals surface area (Å²) in [5.74, 6) is 5.32. The molecule has 0 radical (unpaired) electrons. The van der Waals surface area contributed by atoms with E-state index in [1.807, 2.05) is 0 Å². The van der Waals surface area contributed by atoms with Gasteiger partial charge in [0.1, 0.15) is 0 Å². The van der Waals surface area contributed by atoms with Gasteiger partial charge in [0.05, 0.1) is 66.0 Å². The summed E-state index contributed by atoms with van der Waals surface area (Å²) in [4.78, 5) is 19.6. The van der Waals surface area contributed by atoms with Crippen LogP contribution in [0.25, 0.3) is 20.4 Å². The first-order valence-corrected chi connectivity index (χ1v) is 17.4. The van der Waals surface area contributed by atoms with Gasteiger partial charge in [-0.2, -0.15) is 0 Å². The molecule has 1 N–H and O–H groups in total. The Labute approximate surface area is 253 Å². The van der Waals surface area contributed by atoms with Gasteiger partial charge in [0.15, 0.2) is 0 Å². The van der Waals surface area contributed by atoms with Crippen molar-refractivity contribution in [2.24, 2.45) is 0 Å². The quantitative estimate of drug-likeness (QED) is 0.127. The second-order valence-corrected chi connectivity index (χ2v) is 14.5. The van der Waals surface area contributed by atoms with Gasteiger partial charge in [-0.15, -0.1) is 22.7 Å². The first-order chi connectivity index (χ1) is 19.5. The topological polar surface area (TPSA) is 132 Å². The highest BCUT2D eigenvalue weighted by Gasteiger charge is 2.17. The number of hydrogen-bond acceptors (Lipinski definition) is 10. The Balaban J connectivity index is 0.000000247. The van der Waals surface area contributed by atoms with Crippen LogP contribution in [-0.2, 0) is 28.6 Å². The van der Waals surface area contributed by atoms with Gasteiger partial charge < -0.3 is 4.74 Å². The number of carbonyl (C=O) groups is 1. The number of methoxy groups -OCH3 is 1. The lowest BCUT2D eigenvalue weighted by Crippen LogP contribution is -2.13. The molecule has 0 aliphatic heterocycles. The molecule has 2 heterocycles. The smallest absolute Gasteiger partial charge is 0.306 e. The Morgan fingerprint density at radius 2 is 1.54 bits per heavy atom. The van der Waals surface area contributed by atoms with Gasteiger partial charge in [0.25, 0.3) is 19.1 Å². The zero-order valence-electron chi connectivity index (χ0n) is 21.0. The molecular formula is C26H19Cl2N3O6S4. The first-order valence-electron chi connectivity index (χ1n) is 11.5. The van der Waals surface area contributed by atoms with Crippen molar-refractivity contribution in [3.05, 3.63) is 76.2 Å². The number of ether oxygens (including phenoxy) is 1. The molecule has 0 saturated carbocycles. The Morgan fingerprint density at radius 1 is 0.927 bits per heavy atom. The zero-order valence-corrected chi connectivity index (χ0v) is 25.8. The second-order valence-electron chi connectivity index (χ2n) is 8.07. The number of nitrogens with one attached hydrogen (secondary N) is 1. The van der Waals surface area contributed by atoms with Crippen molar-refractivity contribution in [1.82, 2.24) is 9.97 Å². The van der Waals surface area contributed by atoms with Crippen LogP contribution < -0.4 is 4.72 Å². The van der Waals surface area contributed by atoms with Gasteiger partial charge in [0, 0.05) is 22.1 Å². The van der Waals surface area contributed by atoms with Crippen molar-refractivity contribution in [2.75, 3.05) is 11.8 Å². The van der Waals surface area contributed by atoms with E-state index in [1.165, 1.54) is 48.0 Å². The number of sulfonamides is 1. The molecule has 9 nitrogen and oxygen atoms in total. The molecule has 15 heteroatoms. The summed E-state index contributed by atoms with van der Waals surface area (Å²) in [6, 6.07) is 14.0. The van der Waals surface area contributed by atoms with Gasteiger partial charge >= 0.3 is 5.97 Å². The van der Waals surface area contributed by atoms with Crippen LogP contribution >= 0.6 is 45.0 Å². The first kappa shape index (κ1) is 30.7. The molecule has 0 bridgehead atoms. The third-order valence-electron chi connectivity index (χ3n) is 5.33. The van der Waals surface area contributed by atoms with E-state index in [-0.39, 0.29) is 28.6 Å². The van der Waals surface area contributed by atoms with E-state index in [1.54, 1.807) is 47.4 Å². The molecule has 0 atom stereocenters. The van der Waals surface area contributed by atoms with Crippen LogP contribution in [0.5, 0.6) is 0 Å². The van der Waals surface area contributed by atoms with Gasteiger partial charge in [-0.1, -0.05) is 23.4 Å². The number of halogens is 2. The van der Waals surface area contributed by atoms with Gasteiger partial charge in [-0.25, -0.2) is 26.8 Å². The molecule has 41 heavy (non-hydrogen) atoms. The van der Waals surface area contributed by atoms with Crippen LogP contribution in [-0.4, -0.2) is 39.9 Å². The summed E-state index contributed by atoms with van der Waals surface area (Å²) < 4.78 is 56.2. The lowest BCUT2D eigenvalue weighted by molar-refractivity contribution is -0.140. The fraction of sp³-hybridized carbons (Fsp3) is 0.115. The molecule has 2 aromatic heterocycles. The van der Waals surface area contributed by atoms with Crippen LogP contribution in [0.4, 0.5) is 5.69 Å². The van der Waals surface area contributed by atoms with Crippen molar-refractivity contribution in [3.8, 4) is 11.8 Å². The maximum absolute atomic E-state index is 12.8. The lowest BCUT2D eigenvalue weighted by Gasteiger charge is -2.10. The van der Waals surface area contributed by atoms with E-state index < -0.39 is 19.1 Å². The Hall–Kier alpha value is -3.25. The van der Waals surface area contributed by atoms with E-state index in [4.69, 9.17) is 22.3 Å². The third-order valence-corrected chi connectivity index (χ3v) is 9.86. The molecule has 0 aliphatic carbocycles. The number of benzene rings is 3. The minimum absolute atomic E-state index is 0.117. The highest BCUT2D eigenvalue weighted by molar-refractivity contribution is 8.13. The van der Waals surface area contributed by atoms with Gasteiger partial charge in [0.2, 0.25) is 0 Å². The number of hydrogen-bond donors (Lipinski definition) is 1. The molecular weight excluding hydrogens is 649 g/mol. The molecule has 0 spiro atoms. The number of rotatable bonds is 6. The fourth-order valence-corrected chi connectivity index (χ4v) is 6.96. The van der Waals surface area contributed by atoms with Gasteiger partial charge in [-0.05, 0) is 54.6 Å². The number of nitrogens with zero attached hydrogens (tertiary/aromatic N) is 2. The standard InChI is InChI=1S/C19H15ClN2O4S2.C7H4ClNO2S2/c1-26-19(23)5-3-2-4-13-10-14(20)6-8-16(13)22-28(24,25)15-7-9-17-18(11-15)27-12-21-17;8-13(10,11)5-1-2-6-7(3-5)12-4-9-6/h6-12,22H,3,5H2,1H3;1-4H. The van der Waals surface area contributed by atoms with Crippen LogP contribution in [0.1, 0.15) is 18.4 Å². The van der Waals surface area contributed by atoms with E-state index >= 15 is 0 Å². The van der Waals surface area contributed by atoms with Crippen LogP contribution in [0.3, 0.4) is 0 Å². The Kier molecular flexibility index (Phi) is 9.85. The molecule has 0 aliphatic rings. The molecule has 0 saturated heterocycles. The van der Waals surface area contributed by atoms with Crippen LogP contribution in [0, 0.1) is 11.8 Å². The Morgan fingerprint density at radius 3 is 2.15 bits per heavy atom. The number of esters is 1. The summed E-state index contributed by atoms with van der Waals surface area (Å²) in [6.07, 6.45) is 0.438. The SMILES string of the molecule is COC(=O)CCC#Cc1cc(Cl)ccc1NS(=O)(=O)c1ccc2ncsc2c1.O=S(=O)(Cl)c1ccc2ncsc2c1. The maximum Gasteiger partial charge on any atom is 0.306 e. The number of aromatic nitrogens is 2. The summed E-state index contributed by atoms with van der Waals surface area (Å²) in [7, 11) is -0.952. The average Bonchev–Trinajstić information content (AvgIpc) is 3.60. The minimum Gasteiger partial charge on any atom is -0.469 e. The number of fused-ring (bicyclic) bond motifs is 2. The van der Waals surface area contributed by atoms with Crippen molar-refractivity contribution >= 4 is 96.1 Å². The normalized spacial score (nSPS) is 11.3. The number of thiazole rings is 2. The highest BCUT2D eigenvalue weighted by atomic mass is 35.7. The van der Waals surface area contributed by atoms with Crippen molar-refractivity contribution in [3.63, 3.8) is 0 Å². The third kappa shape index (κ3) is 8.16. The summed E-state index contributed by atoms with van der Waals surface area (Å²) in [6.45, 7) is 0. The van der Waals surface area contributed by atoms with E-state index in [0.717, 1.165) is 20.4 Å². The number of carbonyl (C=O) groups excluding carboxylic acids is 1. The highest BCUT2D eigenvalue weighted by Crippen LogP contribution is 2.26. The zero-order chi connectivity index (χ0) is 29.6. The van der Waals surface area contributed by atoms with Crippen molar-refractivity contribution < 1.29 is 26.4 Å².